The Bertz CT molecular complexity index is 854. The standard InChI is InChI=1S/C21H23N3O4/c1-15(25)16-2-6-18(7-3-16)23-10-12-24(13-11-23)21(27)17-4-8-19(9-5-17)28-14-20(22)26/h2-9H,10-14H2,1H3,(H2,22,26). The Balaban J connectivity index is 1.56. The number of benzene rings is 2. The number of carbonyl (C=O) groups excluding carboxylic acids is 3. The molecule has 1 saturated heterocycles. The maximum Gasteiger partial charge on any atom is 0.255 e. The van der Waals surface area contributed by atoms with Crippen LogP contribution in [0.5, 0.6) is 5.75 Å². The van der Waals surface area contributed by atoms with Crippen molar-refractivity contribution in [3.8, 4) is 5.75 Å². The minimum atomic E-state index is -0.547. The second-order valence-electron chi connectivity index (χ2n) is 6.66. The molecule has 2 aromatic carbocycles. The molecule has 2 amide bonds. The van der Waals surface area contributed by atoms with E-state index in [9.17, 15) is 14.4 Å². The van der Waals surface area contributed by atoms with E-state index in [1.165, 1.54) is 0 Å². The van der Waals surface area contributed by atoms with Crippen LogP contribution in [-0.2, 0) is 4.79 Å². The van der Waals surface area contributed by atoms with Gasteiger partial charge in [0.2, 0.25) is 0 Å². The number of piperazine rings is 1. The lowest BCUT2D eigenvalue weighted by atomic mass is 10.1. The fraction of sp³-hybridized carbons (Fsp3) is 0.286. The molecule has 7 heteroatoms. The summed E-state index contributed by atoms with van der Waals surface area (Å²) in [5.74, 6) is -0.0378. The molecular formula is C21H23N3O4. The van der Waals surface area contributed by atoms with Gasteiger partial charge in [-0.05, 0) is 55.5 Å². The van der Waals surface area contributed by atoms with E-state index in [-0.39, 0.29) is 18.3 Å². The summed E-state index contributed by atoms with van der Waals surface area (Å²) in [6, 6.07) is 14.2. The van der Waals surface area contributed by atoms with Crippen molar-refractivity contribution in [1.82, 2.24) is 4.90 Å². The molecule has 3 rings (SSSR count). The van der Waals surface area contributed by atoms with E-state index < -0.39 is 5.91 Å². The van der Waals surface area contributed by atoms with Gasteiger partial charge in [0.05, 0.1) is 0 Å². The summed E-state index contributed by atoms with van der Waals surface area (Å²) in [7, 11) is 0. The van der Waals surface area contributed by atoms with Crippen LogP contribution in [0, 0.1) is 0 Å². The third-order valence-electron chi connectivity index (χ3n) is 4.69. The molecule has 0 aliphatic carbocycles. The molecule has 2 aromatic rings. The van der Waals surface area contributed by atoms with Crippen molar-refractivity contribution < 1.29 is 19.1 Å². The summed E-state index contributed by atoms with van der Waals surface area (Å²) in [5, 5.41) is 0. The number of amides is 2. The highest BCUT2D eigenvalue weighted by Crippen LogP contribution is 2.19. The number of ether oxygens (including phenoxy) is 1. The van der Waals surface area contributed by atoms with Crippen LogP contribution in [0.2, 0.25) is 0 Å². The first-order chi connectivity index (χ1) is 13.4. The summed E-state index contributed by atoms with van der Waals surface area (Å²) >= 11 is 0. The minimum absolute atomic E-state index is 0.0342. The van der Waals surface area contributed by atoms with Crippen LogP contribution >= 0.6 is 0 Å². The Morgan fingerprint density at radius 2 is 1.46 bits per heavy atom. The SMILES string of the molecule is CC(=O)c1ccc(N2CCN(C(=O)c3ccc(OCC(N)=O)cc3)CC2)cc1. The molecule has 2 N–H and O–H groups in total. The minimum Gasteiger partial charge on any atom is -0.484 e. The summed E-state index contributed by atoms with van der Waals surface area (Å²) < 4.78 is 5.21. The van der Waals surface area contributed by atoms with Gasteiger partial charge in [-0.15, -0.1) is 0 Å². The maximum atomic E-state index is 12.7. The van der Waals surface area contributed by atoms with Crippen LogP contribution in [0.1, 0.15) is 27.6 Å². The Morgan fingerprint density at radius 3 is 2.00 bits per heavy atom. The number of Topliss-reactive ketones (excluding diaryl/α,β-unsaturated/α-hetero) is 1. The number of hydrogen-bond donors (Lipinski definition) is 1. The van der Waals surface area contributed by atoms with E-state index in [1.807, 2.05) is 29.2 Å². The number of hydrogen-bond acceptors (Lipinski definition) is 5. The third-order valence-corrected chi connectivity index (χ3v) is 4.69. The fourth-order valence-electron chi connectivity index (χ4n) is 3.11. The molecule has 0 bridgehead atoms. The van der Waals surface area contributed by atoms with Crippen molar-refractivity contribution in [2.45, 2.75) is 6.92 Å². The van der Waals surface area contributed by atoms with Gasteiger partial charge >= 0.3 is 0 Å². The molecular weight excluding hydrogens is 358 g/mol. The number of nitrogens with two attached hydrogens (primary N) is 1. The molecule has 0 unspecified atom stereocenters. The zero-order valence-corrected chi connectivity index (χ0v) is 15.8. The summed E-state index contributed by atoms with van der Waals surface area (Å²) in [6.45, 7) is 4.05. The maximum absolute atomic E-state index is 12.7. The molecule has 0 saturated carbocycles. The Morgan fingerprint density at radius 1 is 0.893 bits per heavy atom. The van der Waals surface area contributed by atoms with Gasteiger partial charge in [0.1, 0.15) is 5.75 Å². The van der Waals surface area contributed by atoms with Crippen LogP contribution in [0.15, 0.2) is 48.5 Å². The van der Waals surface area contributed by atoms with Crippen LogP contribution in [-0.4, -0.2) is 55.3 Å². The highest BCUT2D eigenvalue weighted by atomic mass is 16.5. The van der Waals surface area contributed by atoms with E-state index in [2.05, 4.69) is 4.90 Å². The van der Waals surface area contributed by atoms with Crippen molar-refractivity contribution in [1.29, 1.82) is 0 Å². The van der Waals surface area contributed by atoms with Crippen molar-refractivity contribution in [3.63, 3.8) is 0 Å². The van der Waals surface area contributed by atoms with Crippen molar-refractivity contribution in [3.05, 3.63) is 59.7 Å². The second-order valence-corrected chi connectivity index (χ2v) is 6.66. The molecule has 0 aromatic heterocycles. The topological polar surface area (TPSA) is 92.9 Å². The lowest BCUT2D eigenvalue weighted by molar-refractivity contribution is -0.119. The lowest BCUT2D eigenvalue weighted by Gasteiger charge is -2.36. The second kappa shape index (κ2) is 8.56. The number of carbonyl (C=O) groups is 3. The zero-order chi connectivity index (χ0) is 20.1. The molecule has 1 fully saturated rings. The molecule has 28 heavy (non-hydrogen) atoms. The Kier molecular flexibility index (Phi) is 5.93. The molecule has 146 valence electrons. The molecule has 1 aliphatic heterocycles. The van der Waals surface area contributed by atoms with Crippen molar-refractivity contribution in [2.24, 2.45) is 5.73 Å². The number of ketones is 1. The summed E-state index contributed by atoms with van der Waals surface area (Å²) in [5.41, 5.74) is 7.37. The van der Waals surface area contributed by atoms with Gasteiger partial charge in [0, 0.05) is 43.0 Å². The molecule has 0 radical (unpaired) electrons. The third kappa shape index (κ3) is 4.68. The zero-order valence-electron chi connectivity index (χ0n) is 15.8. The monoisotopic (exact) mass is 381 g/mol. The van der Waals surface area contributed by atoms with Gasteiger partial charge in [-0.25, -0.2) is 0 Å². The van der Waals surface area contributed by atoms with Gasteiger partial charge < -0.3 is 20.3 Å². The van der Waals surface area contributed by atoms with Crippen LogP contribution < -0.4 is 15.4 Å². The molecule has 0 atom stereocenters. The number of anilines is 1. The van der Waals surface area contributed by atoms with Crippen LogP contribution in [0.25, 0.3) is 0 Å². The van der Waals surface area contributed by atoms with E-state index >= 15 is 0 Å². The van der Waals surface area contributed by atoms with Gasteiger partial charge in [0.25, 0.3) is 11.8 Å². The smallest absolute Gasteiger partial charge is 0.255 e. The predicted molar refractivity (Wildman–Crippen MR) is 106 cm³/mol. The van der Waals surface area contributed by atoms with E-state index in [0.29, 0.717) is 30.0 Å². The largest absolute Gasteiger partial charge is 0.484 e. The Hall–Kier alpha value is -3.35. The van der Waals surface area contributed by atoms with Gasteiger partial charge in [-0.2, -0.15) is 0 Å². The van der Waals surface area contributed by atoms with Crippen LogP contribution in [0.3, 0.4) is 0 Å². The van der Waals surface area contributed by atoms with Crippen molar-refractivity contribution >= 4 is 23.3 Å². The van der Waals surface area contributed by atoms with E-state index in [1.54, 1.807) is 31.2 Å². The van der Waals surface area contributed by atoms with Gasteiger partial charge in [-0.3, -0.25) is 14.4 Å². The lowest BCUT2D eigenvalue weighted by Crippen LogP contribution is -2.48. The highest BCUT2D eigenvalue weighted by molar-refractivity contribution is 5.95. The number of nitrogens with zero attached hydrogens (tertiary/aromatic N) is 2. The summed E-state index contributed by atoms with van der Waals surface area (Å²) in [6.07, 6.45) is 0. The molecule has 1 aliphatic rings. The molecule has 1 heterocycles. The first-order valence-corrected chi connectivity index (χ1v) is 9.10. The highest BCUT2D eigenvalue weighted by Gasteiger charge is 2.22. The average molecular weight is 381 g/mol. The fourth-order valence-corrected chi connectivity index (χ4v) is 3.11. The quantitative estimate of drug-likeness (QED) is 0.769. The Labute approximate surface area is 163 Å². The first-order valence-electron chi connectivity index (χ1n) is 9.10. The molecule has 0 spiro atoms. The average Bonchev–Trinajstić information content (AvgIpc) is 2.72. The van der Waals surface area contributed by atoms with Crippen molar-refractivity contribution in [2.75, 3.05) is 37.7 Å². The number of rotatable bonds is 6. The molecule has 7 nitrogen and oxygen atoms in total. The van der Waals surface area contributed by atoms with Gasteiger partial charge in [0.15, 0.2) is 12.4 Å². The van der Waals surface area contributed by atoms with Gasteiger partial charge in [-0.1, -0.05) is 0 Å². The van der Waals surface area contributed by atoms with E-state index in [4.69, 9.17) is 10.5 Å². The predicted octanol–water partition coefficient (Wildman–Crippen LogP) is 1.72. The number of primary amides is 1. The first kappa shape index (κ1) is 19.4. The normalized spacial score (nSPS) is 13.9. The van der Waals surface area contributed by atoms with Crippen LogP contribution in [0.4, 0.5) is 5.69 Å². The van der Waals surface area contributed by atoms with E-state index in [0.717, 1.165) is 18.8 Å². The summed E-state index contributed by atoms with van der Waals surface area (Å²) in [4.78, 5) is 38.9.